The van der Waals surface area contributed by atoms with Gasteiger partial charge in [0.1, 0.15) is 0 Å². The second-order valence-electron chi connectivity index (χ2n) is 6.59. The number of aromatic nitrogens is 1. The van der Waals surface area contributed by atoms with Gasteiger partial charge in [-0.1, -0.05) is 30.0 Å². The molecule has 0 bridgehead atoms. The molecule has 3 aromatic rings. The fraction of sp³-hybridized carbons (Fsp3) is 0.300. The van der Waals surface area contributed by atoms with Crippen molar-refractivity contribution in [3.05, 3.63) is 48.0 Å². The molecule has 0 saturated carbocycles. The van der Waals surface area contributed by atoms with E-state index in [0.29, 0.717) is 5.75 Å². The van der Waals surface area contributed by atoms with Crippen LogP contribution in [-0.2, 0) is 11.2 Å². The van der Waals surface area contributed by atoms with Gasteiger partial charge in [-0.05, 0) is 42.7 Å². The van der Waals surface area contributed by atoms with Gasteiger partial charge in [-0.3, -0.25) is 4.79 Å². The average molecular weight is 384 g/mol. The number of amides is 1. The van der Waals surface area contributed by atoms with Crippen LogP contribution in [0.1, 0.15) is 12.0 Å². The summed E-state index contributed by atoms with van der Waals surface area (Å²) in [6, 6.07) is 14.5. The quantitative estimate of drug-likeness (QED) is 0.625. The summed E-state index contributed by atoms with van der Waals surface area (Å²) in [5, 5.41) is 0. The van der Waals surface area contributed by atoms with Crippen LogP contribution in [0.4, 0.5) is 11.4 Å². The fourth-order valence-corrected chi connectivity index (χ4v) is 5.15. The Morgan fingerprint density at radius 3 is 2.96 bits per heavy atom. The molecule has 0 N–H and O–H groups in total. The summed E-state index contributed by atoms with van der Waals surface area (Å²) in [5.41, 5.74) is 4.48. The van der Waals surface area contributed by atoms with Crippen LogP contribution >= 0.6 is 23.1 Å². The predicted octanol–water partition coefficient (Wildman–Crippen LogP) is 4.43. The third-order valence-electron chi connectivity index (χ3n) is 4.60. The average Bonchev–Trinajstić information content (AvgIpc) is 3.07. The molecule has 2 heterocycles. The van der Waals surface area contributed by atoms with Crippen molar-refractivity contribution in [1.29, 1.82) is 0 Å². The van der Waals surface area contributed by atoms with Crippen LogP contribution in [0.3, 0.4) is 0 Å². The van der Waals surface area contributed by atoms with Gasteiger partial charge in [-0.2, -0.15) is 0 Å². The summed E-state index contributed by atoms with van der Waals surface area (Å²) in [6.45, 7) is 0.808. The van der Waals surface area contributed by atoms with E-state index in [2.05, 4.69) is 35.2 Å². The van der Waals surface area contributed by atoms with Crippen molar-refractivity contribution in [2.75, 3.05) is 36.2 Å². The van der Waals surface area contributed by atoms with Crippen molar-refractivity contribution >= 4 is 50.6 Å². The zero-order valence-electron chi connectivity index (χ0n) is 14.9. The van der Waals surface area contributed by atoms with Crippen molar-refractivity contribution < 1.29 is 4.79 Å². The molecule has 1 aromatic heterocycles. The second kappa shape index (κ2) is 7.29. The van der Waals surface area contributed by atoms with Crippen molar-refractivity contribution in [3.8, 4) is 0 Å². The molecule has 1 aliphatic rings. The molecule has 4 nitrogen and oxygen atoms in total. The van der Waals surface area contributed by atoms with Gasteiger partial charge in [-0.15, -0.1) is 11.3 Å². The maximum absolute atomic E-state index is 12.8. The van der Waals surface area contributed by atoms with E-state index in [9.17, 15) is 4.79 Å². The van der Waals surface area contributed by atoms with Crippen LogP contribution in [0.25, 0.3) is 10.2 Å². The zero-order chi connectivity index (χ0) is 18.1. The van der Waals surface area contributed by atoms with E-state index in [-0.39, 0.29) is 5.91 Å². The zero-order valence-corrected chi connectivity index (χ0v) is 16.6. The summed E-state index contributed by atoms with van der Waals surface area (Å²) in [4.78, 5) is 21.5. The molecule has 0 atom stereocenters. The van der Waals surface area contributed by atoms with Crippen molar-refractivity contribution in [3.63, 3.8) is 0 Å². The number of thiazole rings is 1. The number of anilines is 2. The summed E-state index contributed by atoms with van der Waals surface area (Å²) in [7, 11) is 4.05. The maximum atomic E-state index is 12.8. The van der Waals surface area contributed by atoms with Crippen LogP contribution in [0.2, 0.25) is 0 Å². The summed E-state index contributed by atoms with van der Waals surface area (Å²) in [5.74, 6) is 0.588. The van der Waals surface area contributed by atoms with Crippen molar-refractivity contribution in [2.24, 2.45) is 0 Å². The number of aryl methyl sites for hydroxylation is 1. The molecule has 0 unspecified atom stereocenters. The Kier molecular flexibility index (Phi) is 4.87. The Labute approximate surface area is 161 Å². The largest absolute Gasteiger partial charge is 0.378 e. The molecular formula is C20H21N3OS2. The lowest BCUT2D eigenvalue weighted by Crippen LogP contribution is -2.36. The molecule has 26 heavy (non-hydrogen) atoms. The number of thioether (sulfide) groups is 1. The third-order valence-corrected chi connectivity index (χ3v) is 6.76. The molecule has 0 saturated heterocycles. The van der Waals surface area contributed by atoms with Crippen LogP contribution in [0, 0.1) is 0 Å². The first kappa shape index (κ1) is 17.4. The smallest absolute Gasteiger partial charge is 0.237 e. The molecule has 0 fully saturated rings. The number of rotatable bonds is 4. The number of benzene rings is 2. The Hall–Kier alpha value is -2.05. The molecule has 6 heteroatoms. The number of carbonyl (C=O) groups is 1. The Morgan fingerprint density at radius 1 is 1.27 bits per heavy atom. The molecule has 0 radical (unpaired) electrons. The number of hydrogen-bond acceptors (Lipinski definition) is 5. The van der Waals surface area contributed by atoms with E-state index in [4.69, 9.17) is 4.98 Å². The number of nitrogens with zero attached hydrogens (tertiary/aromatic N) is 3. The lowest BCUT2D eigenvalue weighted by molar-refractivity contribution is -0.116. The van der Waals surface area contributed by atoms with Gasteiger partial charge < -0.3 is 9.80 Å². The minimum Gasteiger partial charge on any atom is -0.378 e. The molecular weight excluding hydrogens is 362 g/mol. The van der Waals surface area contributed by atoms with E-state index in [1.165, 1.54) is 17.3 Å². The molecule has 1 amide bonds. The van der Waals surface area contributed by atoms with Gasteiger partial charge in [-0.25, -0.2) is 4.98 Å². The lowest BCUT2D eigenvalue weighted by Gasteiger charge is -2.29. The number of hydrogen-bond donors (Lipinski definition) is 0. The minimum absolute atomic E-state index is 0.162. The van der Waals surface area contributed by atoms with Gasteiger partial charge in [0, 0.05) is 32.0 Å². The Bertz CT molecular complexity index is 951. The topological polar surface area (TPSA) is 36.4 Å². The lowest BCUT2D eigenvalue weighted by atomic mass is 10.0. The fourth-order valence-electron chi connectivity index (χ4n) is 3.23. The van der Waals surface area contributed by atoms with Crippen molar-refractivity contribution in [2.45, 2.75) is 17.2 Å². The highest BCUT2D eigenvalue weighted by molar-refractivity contribution is 8.01. The van der Waals surface area contributed by atoms with Crippen molar-refractivity contribution in [1.82, 2.24) is 4.98 Å². The highest BCUT2D eigenvalue weighted by Gasteiger charge is 2.22. The number of para-hydroxylation sites is 1. The van der Waals surface area contributed by atoms with E-state index in [1.807, 2.05) is 31.1 Å². The standard InChI is InChI=1S/C20H21N3OS2/c1-22(2)15-9-10-18-16(12-15)21-20(26-18)25-13-19(24)23-11-5-7-14-6-3-4-8-17(14)23/h3-4,6,8-10,12H,5,7,11,13H2,1-2H3. The van der Waals surface area contributed by atoms with Crippen LogP contribution in [0.15, 0.2) is 46.8 Å². The van der Waals surface area contributed by atoms with Crippen LogP contribution in [0.5, 0.6) is 0 Å². The van der Waals surface area contributed by atoms with Gasteiger partial charge in [0.15, 0.2) is 4.34 Å². The number of fused-ring (bicyclic) bond motifs is 2. The van der Waals surface area contributed by atoms with E-state index in [0.717, 1.165) is 45.3 Å². The van der Waals surface area contributed by atoms with E-state index in [1.54, 1.807) is 11.3 Å². The van der Waals surface area contributed by atoms with Gasteiger partial charge in [0.2, 0.25) is 5.91 Å². The van der Waals surface area contributed by atoms with E-state index >= 15 is 0 Å². The van der Waals surface area contributed by atoms with E-state index < -0.39 is 0 Å². The molecule has 134 valence electrons. The SMILES string of the molecule is CN(C)c1ccc2sc(SCC(=O)N3CCCc4ccccc43)nc2c1. The number of carbonyl (C=O) groups excluding carboxylic acids is 1. The van der Waals surface area contributed by atoms with Crippen LogP contribution < -0.4 is 9.80 Å². The molecule has 0 aliphatic carbocycles. The van der Waals surface area contributed by atoms with Crippen LogP contribution in [-0.4, -0.2) is 37.3 Å². The summed E-state index contributed by atoms with van der Waals surface area (Å²) < 4.78 is 2.11. The van der Waals surface area contributed by atoms with Gasteiger partial charge in [0.25, 0.3) is 0 Å². The Morgan fingerprint density at radius 2 is 2.12 bits per heavy atom. The Balaban J connectivity index is 1.47. The first-order valence-corrected chi connectivity index (χ1v) is 10.5. The summed E-state index contributed by atoms with van der Waals surface area (Å²) >= 11 is 3.19. The maximum Gasteiger partial charge on any atom is 0.237 e. The predicted molar refractivity (Wildman–Crippen MR) is 112 cm³/mol. The molecule has 0 spiro atoms. The molecule has 2 aromatic carbocycles. The molecule has 1 aliphatic heterocycles. The third kappa shape index (κ3) is 3.44. The monoisotopic (exact) mass is 383 g/mol. The molecule has 4 rings (SSSR count). The minimum atomic E-state index is 0.162. The summed E-state index contributed by atoms with van der Waals surface area (Å²) in [6.07, 6.45) is 2.08. The van der Waals surface area contributed by atoms with Gasteiger partial charge >= 0.3 is 0 Å². The normalized spacial score (nSPS) is 13.7. The first-order chi connectivity index (χ1) is 12.6. The highest BCUT2D eigenvalue weighted by atomic mass is 32.2. The van der Waals surface area contributed by atoms with Gasteiger partial charge in [0.05, 0.1) is 16.0 Å². The highest BCUT2D eigenvalue weighted by Crippen LogP contribution is 2.33. The second-order valence-corrected chi connectivity index (χ2v) is 8.85. The first-order valence-electron chi connectivity index (χ1n) is 8.71.